The average molecular weight is 413 g/mol. The molecule has 2 aliphatic heterocycles. The van der Waals surface area contributed by atoms with Gasteiger partial charge in [0.25, 0.3) is 0 Å². The van der Waals surface area contributed by atoms with E-state index in [0.717, 1.165) is 23.2 Å². The van der Waals surface area contributed by atoms with Crippen LogP contribution in [0.15, 0.2) is 48.5 Å². The monoisotopic (exact) mass is 412 g/mol. The molecule has 154 valence electrons. The van der Waals surface area contributed by atoms with Crippen LogP contribution < -0.4 is 4.90 Å². The number of piperidine rings is 1. The molecule has 0 aliphatic carbocycles. The molecular weight excluding hydrogens is 384 g/mol. The van der Waals surface area contributed by atoms with Crippen LogP contribution in [0.2, 0.25) is 0 Å². The Morgan fingerprint density at radius 3 is 2.38 bits per heavy atom. The van der Waals surface area contributed by atoms with Gasteiger partial charge in [-0.25, -0.2) is 12.7 Å². The van der Waals surface area contributed by atoms with E-state index in [9.17, 15) is 13.2 Å². The molecule has 2 aromatic carbocycles. The van der Waals surface area contributed by atoms with Crippen molar-refractivity contribution in [1.29, 1.82) is 0 Å². The Bertz CT molecular complexity index is 993. The molecule has 1 saturated heterocycles. The summed E-state index contributed by atoms with van der Waals surface area (Å²) in [6.07, 6.45) is 2.04. The molecular formula is C23H28N2O3S. The second-order valence-corrected chi connectivity index (χ2v) is 10.3. The van der Waals surface area contributed by atoms with Gasteiger partial charge < -0.3 is 4.90 Å². The molecule has 5 nitrogen and oxygen atoms in total. The maximum atomic E-state index is 13.2. The molecule has 6 heteroatoms. The smallest absolute Gasteiger partial charge is 0.230 e. The van der Waals surface area contributed by atoms with E-state index in [0.29, 0.717) is 25.9 Å². The van der Waals surface area contributed by atoms with Crippen LogP contribution in [0.25, 0.3) is 0 Å². The summed E-state index contributed by atoms with van der Waals surface area (Å²) in [6.45, 7) is 4.89. The Morgan fingerprint density at radius 2 is 1.69 bits per heavy atom. The van der Waals surface area contributed by atoms with Crippen LogP contribution in [-0.2, 0) is 27.0 Å². The third-order valence-corrected chi connectivity index (χ3v) is 7.96. The molecule has 0 radical (unpaired) electrons. The number of anilines is 1. The minimum atomic E-state index is -3.37. The number of para-hydroxylation sites is 1. The van der Waals surface area contributed by atoms with Gasteiger partial charge >= 0.3 is 0 Å². The molecule has 2 aromatic rings. The second-order valence-electron chi connectivity index (χ2n) is 8.31. The number of fused-ring (bicyclic) bond motifs is 1. The van der Waals surface area contributed by atoms with E-state index in [1.54, 1.807) is 4.31 Å². The predicted octanol–water partition coefficient (Wildman–Crippen LogP) is 3.51. The maximum absolute atomic E-state index is 13.2. The lowest BCUT2D eigenvalue weighted by Gasteiger charge is -2.34. The van der Waals surface area contributed by atoms with Crippen LogP contribution in [0.1, 0.15) is 36.5 Å². The molecule has 0 spiro atoms. The van der Waals surface area contributed by atoms with Crippen molar-refractivity contribution in [1.82, 2.24) is 4.31 Å². The van der Waals surface area contributed by atoms with Crippen molar-refractivity contribution in [3.05, 3.63) is 65.2 Å². The lowest BCUT2D eigenvalue weighted by molar-refractivity contribution is -0.123. The fourth-order valence-corrected chi connectivity index (χ4v) is 6.03. The number of carbonyl (C=O) groups is 1. The topological polar surface area (TPSA) is 57.7 Å². The number of amides is 1. The molecule has 0 unspecified atom stereocenters. The minimum absolute atomic E-state index is 0.0163. The van der Waals surface area contributed by atoms with E-state index in [2.05, 4.69) is 13.0 Å². The van der Waals surface area contributed by atoms with Crippen molar-refractivity contribution in [2.45, 2.75) is 44.9 Å². The predicted molar refractivity (Wildman–Crippen MR) is 115 cm³/mol. The minimum Gasteiger partial charge on any atom is -0.309 e. The maximum Gasteiger partial charge on any atom is 0.230 e. The quantitative estimate of drug-likeness (QED) is 0.772. The van der Waals surface area contributed by atoms with E-state index in [-0.39, 0.29) is 23.6 Å². The number of carbonyl (C=O) groups excluding carboxylic acids is 1. The van der Waals surface area contributed by atoms with Crippen LogP contribution >= 0.6 is 0 Å². The van der Waals surface area contributed by atoms with Crippen LogP contribution in [-0.4, -0.2) is 37.8 Å². The second kappa shape index (κ2) is 7.92. The highest BCUT2D eigenvalue weighted by Gasteiger charge is 2.37. The summed E-state index contributed by atoms with van der Waals surface area (Å²) in [7, 11) is -3.37. The molecule has 0 aromatic heterocycles. The highest BCUT2D eigenvalue weighted by Crippen LogP contribution is 2.35. The third-order valence-electron chi connectivity index (χ3n) is 6.11. The van der Waals surface area contributed by atoms with Crippen LogP contribution in [0, 0.1) is 12.8 Å². The van der Waals surface area contributed by atoms with Gasteiger partial charge in [-0.2, -0.15) is 0 Å². The summed E-state index contributed by atoms with van der Waals surface area (Å²) in [5.41, 5.74) is 4.14. The van der Waals surface area contributed by atoms with Gasteiger partial charge in [0.1, 0.15) is 0 Å². The summed E-state index contributed by atoms with van der Waals surface area (Å²) < 4.78 is 27.2. The van der Waals surface area contributed by atoms with Gasteiger partial charge in [-0.1, -0.05) is 48.0 Å². The van der Waals surface area contributed by atoms with E-state index in [1.165, 1.54) is 5.56 Å². The number of benzene rings is 2. The molecule has 0 saturated carbocycles. The lowest BCUT2D eigenvalue weighted by Crippen LogP contribution is -2.46. The SMILES string of the molecule is Cc1ccc(CS(=O)(=O)N2CCC(C(=O)N3c4ccccc4C[C@@H]3C)CC2)cc1. The Labute approximate surface area is 173 Å². The van der Waals surface area contributed by atoms with Gasteiger partial charge in [0.05, 0.1) is 5.75 Å². The van der Waals surface area contributed by atoms with E-state index < -0.39 is 10.0 Å². The first kappa shape index (κ1) is 20.1. The van der Waals surface area contributed by atoms with Crippen LogP contribution in [0.4, 0.5) is 5.69 Å². The first-order valence-corrected chi connectivity index (χ1v) is 11.9. The highest BCUT2D eigenvalue weighted by atomic mass is 32.2. The van der Waals surface area contributed by atoms with Gasteiger partial charge in [-0.15, -0.1) is 0 Å². The van der Waals surface area contributed by atoms with E-state index in [1.807, 2.05) is 54.3 Å². The number of hydrogen-bond donors (Lipinski definition) is 0. The summed E-state index contributed by atoms with van der Waals surface area (Å²) in [5.74, 6) is 0.0371. The lowest BCUT2D eigenvalue weighted by atomic mass is 9.96. The Hall–Kier alpha value is -2.18. The molecule has 1 amide bonds. The number of sulfonamides is 1. The largest absolute Gasteiger partial charge is 0.309 e. The molecule has 0 N–H and O–H groups in total. The fraction of sp³-hybridized carbons (Fsp3) is 0.435. The molecule has 29 heavy (non-hydrogen) atoms. The third kappa shape index (κ3) is 4.09. The van der Waals surface area contributed by atoms with Crippen LogP contribution in [0.3, 0.4) is 0 Å². The molecule has 1 atom stereocenters. The summed E-state index contributed by atoms with van der Waals surface area (Å²) in [6, 6.07) is 15.8. The molecule has 0 bridgehead atoms. The van der Waals surface area contributed by atoms with Gasteiger partial charge in [-0.3, -0.25) is 4.79 Å². The molecule has 2 heterocycles. The van der Waals surface area contributed by atoms with Crippen molar-refractivity contribution < 1.29 is 13.2 Å². The number of hydrogen-bond acceptors (Lipinski definition) is 3. The number of rotatable bonds is 4. The van der Waals surface area contributed by atoms with Gasteiger partial charge in [0, 0.05) is 30.7 Å². The Kier molecular flexibility index (Phi) is 5.49. The Morgan fingerprint density at radius 1 is 1.03 bits per heavy atom. The zero-order valence-corrected chi connectivity index (χ0v) is 17.9. The van der Waals surface area contributed by atoms with Crippen LogP contribution in [0.5, 0.6) is 0 Å². The summed E-state index contributed by atoms with van der Waals surface area (Å²) in [5, 5.41) is 0. The zero-order valence-electron chi connectivity index (χ0n) is 17.0. The standard InChI is InChI=1S/C23H28N2O3S/c1-17-7-9-19(10-8-17)16-29(27,28)24-13-11-20(12-14-24)23(26)25-18(2)15-21-5-3-4-6-22(21)25/h3-10,18,20H,11-16H2,1-2H3/t18-/m0/s1. The van der Waals surface area contributed by atoms with Gasteiger partial charge in [-0.05, 0) is 50.3 Å². The van der Waals surface area contributed by atoms with E-state index in [4.69, 9.17) is 0 Å². The Balaban J connectivity index is 1.40. The van der Waals surface area contributed by atoms with Crippen molar-refractivity contribution in [2.24, 2.45) is 5.92 Å². The normalized spacial score (nSPS) is 20.6. The number of nitrogens with zero attached hydrogens (tertiary/aromatic N) is 2. The fourth-order valence-electron chi connectivity index (χ4n) is 4.47. The molecule has 4 rings (SSSR count). The van der Waals surface area contributed by atoms with Crippen molar-refractivity contribution >= 4 is 21.6 Å². The van der Waals surface area contributed by atoms with Crippen molar-refractivity contribution in [2.75, 3.05) is 18.0 Å². The summed E-state index contributed by atoms with van der Waals surface area (Å²) in [4.78, 5) is 15.1. The van der Waals surface area contributed by atoms with Gasteiger partial charge in [0.15, 0.2) is 0 Å². The molecule has 1 fully saturated rings. The average Bonchev–Trinajstić information content (AvgIpc) is 3.05. The first-order chi connectivity index (χ1) is 13.8. The van der Waals surface area contributed by atoms with Crippen molar-refractivity contribution in [3.63, 3.8) is 0 Å². The number of aryl methyl sites for hydroxylation is 1. The highest BCUT2D eigenvalue weighted by molar-refractivity contribution is 7.88. The zero-order chi connectivity index (χ0) is 20.6. The summed E-state index contributed by atoms with van der Waals surface area (Å²) >= 11 is 0. The van der Waals surface area contributed by atoms with Gasteiger partial charge in [0.2, 0.25) is 15.9 Å². The molecule has 2 aliphatic rings. The first-order valence-electron chi connectivity index (χ1n) is 10.3. The van der Waals surface area contributed by atoms with Crippen molar-refractivity contribution in [3.8, 4) is 0 Å². The van der Waals surface area contributed by atoms with E-state index >= 15 is 0 Å².